The number of H-pyrrole nitrogens is 1. The predicted molar refractivity (Wildman–Crippen MR) is 95.8 cm³/mol. The van der Waals surface area contributed by atoms with E-state index >= 15 is 0 Å². The first kappa shape index (κ1) is 18.2. The van der Waals surface area contributed by atoms with Crippen LogP contribution in [0, 0.1) is 11.3 Å². The zero-order valence-electron chi connectivity index (χ0n) is 14.3. The van der Waals surface area contributed by atoms with Crippen molar-refractivity contribution in [2.75, 3.05) is 12.8 Å². The minimum absolute atomic E-state index is 0.199. The monoisotopic (exact) mass is 376 g/mol. The van der Waals surface area contributed by atoms with Crippen LogP contribution in [0.1, 0.15) is 18.4 Å². The first-order valence-corrected chi connectivity index (χ1v) is 10.1. The fraction of sp³-hybridized carbons (Fsp3) is 0.412. The summed E-state index contributed by atoms with van der Waals surface area (Å²) in [5.74, 6) is -0.0447. The predicted octanol–water partition coefficient (Wildman–Crippen LogP) is 0.891. The minimum Gasteiger partial charge on any atom is -0.383 e. The van der Waals surface area contributed by atoms with Gasteiger partial charge < -0.3 is 19.8 Å². The molecule has 0 unspecified atom stereocenters. The molecular formula is C17H20N4O4S. The van der Waals surface area contributed by atoms with E-state index in [-0.39, 0.29) is 18.1 Å². The van der Waals surface area contributed by atoms with Crippen LogP contribution < -0.4 is 9.92 Å². The van der Waals surface area contributed by atoms with E-state index in [4.69, 9.17) is 15.2 Å². The van der Waals surface area contributed by atoms with Gasteiger partial charge in [-0.05, 0) is 43.0 Å². The molecule has 26 heavy (non-hydrogen) atoms. The maximum absolute atomic E-state index is 12.6. The van der Waals surface area contributed by atoms with Crippen LogP contribution >= 0.6 is 0 Å². The number of carbonyl (C=O) groups excluding carboxylic acids is 1. The number of amides is 1. The largest absolute Gasteiger partial charge is 0.383 e. The standard InChI is InChI=1S/C17H20N4O4S/c1-26(23,24)25-13-4-5-16-14(8-13)11(10-20-16)7-15(19)17(22)21-6-2-3-12(21)9-18/h4-5,8,10,12,15,20H,2-3,6-7,19H2,1H3/t12-,15-/m0/s1. The third kappa shape index (κ3) is 3.81. The first-order valence-electron chi connectivity index (χ1n) is 8.23. The zero-order valence-corrected chi connectivity index (χ0v) is 15.1. The molecule has 1 saturated heterocycles. The van der Waals surface area contributed by atoms with Gasteiger partial charge in [-0.3, -0.25) is 4.79 Å². The normalized spacial score (nSPS) is 18.7. The van der Waals surface area contributed by atoms with Crippen LogP contribution in [0.3, 0.4) is 0 Å². The summed E-state index contributed by atoms with van der Waals surface area (Å²) in [6.07, 6.45) is 4.47. The molecule has 0 saturated carbocycles. The molecule has 1 fully saturated rings. The Morgan fingerprint density at radius 1 is 1.54 bits per heavy atom. The van der Waals surface area contributed by atoms with E-state index in [1.54, 1.807) is 24.4 Å². The molecule has 2 atom stereocenters. The van der Waals surface area contributed by atoms with Crippen LogP contribution in [0.25, 0.3) is 10.9 Å². The summed E-state index contributed by atoms with van der Waals surface area (Å²) in [6.45, 7) is 0.547. The average molecular weight is 376 g/mol. The highest BCUT2D eigenvalue weighted by Crippen LogP contribution is 2.26. The molecule has 1 aliphatic rings. The van der Waals surface area contributed by atoms with E-state index in [9.17, 15) is 13.2 Å². The lowest BCUT2D eigenvalue weighted by molar-refractivity contribution is -0.132. The second-order valence-corrected chi connectivity index (χ2v) is 8.01. The Morgan fingerprint density at radius 2 is 2.31 bits per heavy atom. The fourth-order valence-corrected chi connectivity index (χ4v) is 3.71. The Morgan fingerprint density at radius 3 is 3.00 bits per heavy atom. The van der Waals surface area contributed by atoms with Gasteiger partial charge in [-0.1, -0.05) is 0 Å². The van der Waals surface area contributed by atoms with E-state index in [1.807, 2.05) is 0 Å². The van der Waals surface area contributed by atoms with E-state index < -0.39 is 22.2 Å². The second-order valence-electron chi connectivity index (χ2n) is 6.44. The van der Waals surface area contributed by atoms with Gasteiger partial charge in [0, 0.05) is 23.6 Å². The van der Waals surface area contributed by atoms with Crippen molar-refractivity contribution < 1.29 is 17.4 Å². The number of hydrogen-bond acceptors (Lipinski definition) is 6. The highest BCUT2D eigenvalue weighted by molar-refractivity contribution is 7.86. The van der Waals surface area contributed by atoms with Crippen molar-refractivity contribution in [1.29, 1.82) is 5.26 Å². The Labute approximate surface area is 151 Å². The summed E-state index contributed by atoms with van der Waals surface area (Å²) >= 11 is 0. The molecule has 0 radical (unpaired) electrons. The number of aromatic nitrogens is 1. The molecule has 1 aromatic heterocycles. The van der Waals surface area contributed by atoms with Crippen molar-refractivity contribution in [3.63, 3.8) is 0 Å². The van der Waals surface area contributed by atoms with E-state index in [0.29, 0.717) is 13.0 Å². The molecule has 3 rings (SSSR count). The van der Waals surface area contributed by atoms with Crippen molar-refractivity contribution in [3.05, 3.63) is 30.0 Å². The summed E-state index contributed by atoms with van der Waals surface area (Å²) in [5, 5.41) is 9.88. The van der Waals surface area contributed by atoms with Crippen molar-refractivity contribution in [2.24, 2.45) is 5.73 Å². The van der Waals surface area contributed by atoms with Crippen LogP contribution in [0.5, 0.6) is 5.75 Å². The average Bonchev–Trinajstić information content (AvgIpc) is 3.19. The number of carbonyl (C=O) groups is 1. The van der Waals surface area contributed by atoms with Crippen LogP contribution in [0.15, 0.2) is 24.4 Å². The molecular weight excluding hydrogens is 356 g/mol. The van der Waals surface area contributed by atoms with Crippen molar-refractivity contribution in [3.8, 4) is 11.8 Å². The smallest absolute Gasteiger partial charge is 0.306 e. The van der Waals surface area contributed by atoms with Crippen molar-refractivity contribution in [2.45, 2.75) is 31.3 Å². The number of benzene rings is 1. The lowest BCUT2D eigenvalue weighted by Gasteiger charge is -2.23. The minimum atomic E-state index is -3.62. The third-order valence-corrected chi connectivity index (χ3v) is 4.92. The lowest BCUT2D eigenvalue weighted by Crippen LogP contribution is -2.46. The quantitative estimate of drug-likeness (QED) is 0.746. The Bertz CT molecular complexity index is 976. The van der Waals surface area contributed by atoms with Crippen LogP contribution in [0.2, 0.25) is 0 Å². The molecule has 138 valence electrons. The van der Waals surface area contributed by atoms with Crippen LogP contribution in [-0.4, -0.2) is 49.1 Å². The van der Waals surface area contributed by atoms with Gasteiger partial charge in [0.2, 0.25) is 5.91 Å². The molecule has 1 aliphatic heterocycles. The van der Waals surface area contributed by atoms with Gasteiger partial charge in [-0.15, -0.1) is 0 Å². The van der Waals surface area contributed by atoms with Crippen molar-refractivity contribution >= 4 is 26.9 Å². The zero-order chi connectivity index (χ0) is 18.9. The lowest BCUT2D eigenvalue weighted by atomic mass is 10.0. The number of nitrogens with one attached hydrogen (secondary N) is 1. The summed E-state index contributed by atoms with van der Waals surface area (Å²) in [5.41, 5.74) is 7.67. The highest BCUT2D eigenvalue weighted by atomic mass is 32.2. The molecule has 0 spiro atoms. The highest BCUT2D eigenvalue weighted by Gasteiger charge is 2.31. The fourth-order valence-electron chi connectivity index (χ4n) is 3.25. The maximum atomic E-state index is 12.6. The SMILES string of the molecule is CS(=O)(=O)Oc1ccc2[nH]cc(C[C@H](N)C(=O)N3CCC[C@H]3C#N)c2c1. The van der Waals surface area contributed by atoms with Gasteiger partial charge in [-0.2, -0.15) is 13.7 Å². The second kappa shape index (κ2) is 6.97. The van der Waals surface area contributed by atoms with Crippen LogP contribution in [0.4, 0.5) is 0 Å². The van der Waals surface area contributed by atoms with Gasteiger partial charge >= 0.3 is 10.1 Å². The molecule has 0 aliphatic carbocycles. The summed E-state index contributed by atoms with van der Waals surface area (Å²) in [4.78, 5) is 17.2. The Balaban J connectivity index is 1.81. The number of rotatable bonds is 5. The number of hydrogen-bond donors (Lipinski definition) is 2. The molecule has 2 heterocycles. The molecule has 8 nitrogen and oxygen atoms in total. The third-order valence-electron chi connectivity index (χ3n) is 4.43. The maximum Gasteiger partial charge on any atom is 0.306 e. The number of likely N-dealkylation sites (tertiary alicyclic amines) is 1. The van der Waals surface area contributed by atoms with Gasteiger partial charge in [0.05, 0.1) is 18.4 Å². The Kier molecular flexibility index (Phi) is 4.89. The molecule has 1 aromatic carbocycles. The molecule has 9 heteroatoms. The van der Waals surface area contributed by atoms with E-state index in [2.05, 4.69) is 11.1 Å². The molecule has 0 bridgehead atoms. The van der Waals surface area contributed by atoms with Gasteiger partial charge in [0.1, 0.15) is 11.8 Å². The summed E-state index contributed by atoms with van der Waals surface area (Å²) in [6, 6.07) is 5.81. The topological polar surface area (TPSA) is 129 Å². The van der Waals surface area contributed by atoms with Crippen molar-refractivity contribution in [1.82, 2.24) is 9.88 Å². The van der Waals surface area contributed by atoms with E-state index in [1.165, 1.54) is 4.90 Å². The summed E-state index contributed by atoms with van der Waals surface area (Å²) in [7, 11) is -3.62. The number of nitrogens with zero attached hydrogens (tertiary/aromatic N) is 2. The molecule has 2 aromatic rings. The van der Waals surface area contributed by atoms with Gasteiger partial charge in [0.25, 0.3) is 0 Å². The number of fused-ring (bicyclic) bond motifs is 1. The number of nitriles is 1. The van der Waals surface area contributed by atoms with Gasteiger partial charge in [0.15, 0.2) is 0 Å². The number of nitrogens with two attached hydrogens (primary N) is 1. The Hall–Kier alpha value is -2.57. The molecule has 3 N–H and O–H groups in total. The van der Waals surface area contributed by atoms with Crippen LogP contribution in [-0.2, 0) is 21.3 Å². The first-order chi connectivity index (χ1) is 12.3. The summed E-state index contributed by atoms with van der Waals surface area (Å²) < 4.78 is 27.5. The van der Waals surface area contributed by atoms with E-state index in [0.717, 1.165) is 29.1 Å². The molecule has 1 amide bonds. The van der Waals surface area contributed by atoms with Gasteiger partial charge in [-0.25, -0.2) is 0 Å². The number of aromatic amines is 1.